The van der Waals surface area contributed by atoms with Crippen LogP contribution in [0.4, 0.5) is 0 Å². The van der Waals surface area contributed by atoms with Crippen LogP contribution in [-0.4, -0.2) is 33.6 Å². The van der Waals surface area contributed by atoms with Gasteiger partial charge in [0.2, 0.25) is 5.91 Å². The standard InChI is InChI=1S/C19H22N2O2S2/c1-13-7-9-14(10-8-13)11-16-18(23)21(19(24)25-16)12-17(22)20-15-5-3-2-4-6-15/h7-11,15H,2-6,12H2,1H3,(H,20,22)/b16-11-. The molecule has 0 aromatic heterocycles. The highest BCUT2D eigenvalue weighted by Gasteiger charge is 2.33. The van der Waals surface area contributed by atoms with Crippen LogP contribution >= 0.6 is 24.0 Å². The number of aryl methyl sites for hydroxylation is 1. The van der Waals surface area contributed by atoms with E-state index in [9.17, 15) is 9.59 Å². The maximum atomic E-state index is 12.6. The zero-order valence-electron chi connectivity index (χ0n) is 14.3. The molecule has 4 nitrogen and oxygen atoms in total. The van der Waals surface area contributed by atoms with Crippen LogP contribution in [0.15, 0.2) is 29.2 Å². The molecule has 0 atom stereocenters. The van der Waals surface area contributed by atoms with Crippen LogP contribution in [0.3, 0.4) is 0 Å². The van der Waals surface area contributed by atoms with Gasteiger partial charge in [-0.3, -0.25) is 14.5 Å². The summed E-state index contributed by atoms with van der Waals surface area (Å²) in [6.45, 7) is 2.03. The fourth-order valence-electron chi connectivity index (χ4n) is 3.11. The summed E-state index contributed by atoms with van der Waals surface area (Å²) in [5.41, 5.74) is 2.13. The number of hydrogen-bond donors (Lipinski definition) is 1. The Morgan fingerprint density at radius 2 is 1.96 bits per heavy atom. The molecule has 1 aromatic carbocycles. The number of rotatable bonds is 4. The van der Waals surface area contributed by atoms with Crippen LogP contribution in [0, 0.1) is 6.92 Å². The molecule has 6 heteroatoms. The maximum absolute atomic E-state index is 12.6. The summed E-state index contributed by atoms with van der Waals surface area (Å²) in [4.78, 5) is 26.8. The van der Waals surface area contributed by atoms with Crippen molar-refractivity contribution in [3.63, 3.8) is 0 Å². The normalized spacial score (nSPS) is 20.4. The number of nitrogens with one attached hydrogen (secondary N) is 1. The third-order valence-electron chi connectivity index (χ3n) is 4.52. The lowest BCUT2D eigenvalue weighted by atomic mass is 9.95. The van der Waals surface area contributed by atoms with E-state index in [1.807, 2.05) is 37.3 Å². The molecule has 1 aromatic rings. The summed E-state index contributed by atoms with van der Waals surface area (Å²) in [5.74, 6) is -0.311. The van der Waals surface area contributed by atoms with Crippen molar-refractivity contribution in [1.29, 1.82) is 0 Å². The summed E-state index contributed by atoms with van der Waals surface area (Å²) in [6.07, 6.45) is 7.44. The van der Waals surface area contributed by atoms with Gasteiger partial charge in [-0.2, -0.15) is 0 Å². The molecular formula is C19H22N2O2S2. The van der Waals surface area contributed by atoms with Gasteiger partial charge in [0, 0.05) is 6.04 Å². The topological polar surface area (TPSA) is 49.4 Å². The third-order valence-corrected chi connectivity index (χ3v) is 5.90. The highest BCUT2D eigenvalue weighted by molar-refractivity contribution is 8.26. The first kappa shape index (κ1) is 18.1. The summed E-state index contributed by atoms with van der Waals surface area (Å²) in [6, 6.07) is 8.19. The molecule has 1 saturated heterocycles. The lowest BCUT2D eigenvalue weighted by Gasteiger charge is -2.24. The molecule has 3 rings (SSSR count). The second-order valence-electron chi connectivity index (χ2n) is 6.58. The Labute approximate surface area is 158 Å². The maximum Gasteiger partial charge on any atom is 0.266 e. The van der Waals surface area contributed by atoms with E-state index in [4.69, 9.17) is 12.2 Å². The first-order valence-corrected chi connectivity index (χ1v) is 9.87. The van der Waals surface area contributed by atoms with Crippen molar-refractivity contribution in [2.75, 3.05) is 6.54 Å². The summed E-state index contributed by atoms with van der Waals surface area (Å²) < 4.78 is 0.446. The van der Waals surface area contributed by atoms with E-state index in [0.29, 0.717) is 9.23 Å². The number of nitrogens with zero attached hydrogens (tertiary/aromatic N) is 1. The van der Waals surface area contributed by atoms with Gasteiger partial charge < -0.3 is 5.32 Å². The number of benzene rings is 1. The molecule has 2 fully saturated rings. The summed E-state index contributed by atoms with van der Waals surface area (Å²) >= 11 is 6.56. The molecule has 1 N–H and O–H groups in total. The van der Waals surface area contributed by atoms with Crippen molar-refractivity contribution < 1.29 is 9.59 Å². The largest absolute Gasteiger partial charge is 0.352 e. The van der Waals surface area contributed by atoms with Gasteiger partial charge in [0.15, 0.2) is 0 Å². The highest BCUT2D eigenvalue weighted by Crippen LogP contribution is 2.32. The molecule has 2 aliphatic rings. The van der Waals surface area contributed by atoms with Gasteiger partial charge in [0.05, 0.1) is 4.91 Å². The van der Waals surface area contributed by atoms with Gasteiger partial charge in [0.1, 0.15) is 10.9 Å². The first-order valence-electron chi connectivity index (χ1n) is 8.64. The van der Waals surface area contributed by atoms with Crippen molar-refractivity contribution in [1.82, 2.24) is 10.2 Å². The number of thiocarbonyl (C=S) groups is 1. The van der Waals surface area contributed by atoms with E-state index in [-0.39, 0.29) is 24.4 Å². The van der Waals surface area contributed by atoms with Crippen molar-refractivity contribution in [2.45, 2.75) is 45.1 Å². The average Bonchev–Trinajstić information content (AvgIpc) is 2.85. The molecule has 1 aliphatic carbocycles. The molecule has 25 heavy (non-hydrogen) atoms. The Bertz CT molecular complexity index is 707. The molecule has 1 heterocycles. The van der Waals surface area contributed by atoms with Gasteiger partial charge in [0.25, 0.3) is 5.91 Å². The molecule has 1 saturated carbocycles. The molecule has 0 unspecified atom stereocenters. The van der Waals surface area contributed by atoms with Gasteiger partial charge in [-0.05, 0) is 31.4 Å². The number of hydrogen-bond acceptors (Lipinski definition) is 4. The predicted molar refractivity (Wildman–Crippen MR) is 106 cm³/mol. The predicted octanol–water partition coefficient (Wildman–Crippen LogP) is 3.65. The van der Waals surface area contributed by atoms with E-state index in [1.54, 1.807) is 0 Å². The molecule has 2 amide bonds. The van der Waals surface area contributed by atoms with Crippen LogP contribution in [0.2, 0.25) is 0 Å². The van der Waals surface area contributed by atoms with Crippen LogP contribution in [-0.2, 0) is 9.59 Å². The fourth-order valence-corrected chi connectivity index (χ4v) is 4.37. The van der Waals surface area contributed by atoms with Crippen LogP contribution in [0.5, 0.6) is 0 Å². The summed E-state index contributed by atoms with van der Waals surface area (Å²) in [7, 11) is 0. The Hall–Kier alpha value is -1.66. The lowest BCUT2D eigenvalue weighted by molar-refractivity contribution is -0.129. The van der Waals surface area contributed by atoms with Crippen molar-refractivity contribution in [3.8, 4) is 0 Å². The Kier molecular flexibility index (Phi) is 5.91. The smallest absolute Gasteiger partial charge is 0.266 e. The van der Waals surface area contributed by atoms with E-state index < -0.39 is 0 Å². The monoisotopic (exact) mass is 374 g/mol. The van der Waals surface area contributed by atoms with E-state index in [0.717, 1.165) is 31.2 Å². The van der Waals surface area contributed by atoms with E-state index in [1.165, 1.54) is 28.6 Å². The minimum atomic E-state index is -0.186. The third kappa shape index (κ3) is 4.70. The fraction of sp³-hybridized carbons (Fsp3) is 0.421. The van der Waals surface area contributed by atoms with Crippen molar-refractivity contribution in [3.05, 3.63) is 40.3 Å². The minimum Gasteiger partial charge on any atom is -0.352 e. The van der Waals surface area contributed by atoms with Crippen molar-refractivity contribution >= 4 is 46.2 Å². The average molecular weight is 375 g/mol. The Morgan fingerprint density at radius 1 is 1.28 bits per heavy atom. The second-order valence-corrected chi connectivity index (χ2v) is 8.26. The number of carbonyl (C=O) groups is 2. The van der Waals surface area contributed by atoms with Crippen LogP contribution in [0.25, 0.3) is 6.08 Å². The highest BCUT2D eigenvalue weighted by atomic mass is 32.2. The zero-order valence-corrected chi connectivity index (χ0v) is 15.9. The van der Waals surface area contributed by atoms with Gasteiger partial charge in [-0.25, -0.2) is 0 Å². The van der Waals surface area contributed by atoms with Crippen LogP contribution in [0.1, 0.15) is 43.2 Å². The number of amides is 2. The molecular weight excluding hydrogens is 352 g/mol. The van der Waals surface area contributed by atoms with E-state index >= 15 is 0 Å². The number of carbonyl (C=O) groups excluding carboxylic acids is 2. The Morgan fingerprint density at radius 3 is 2.64 bits per heavy atom. The van der Waals surface area contributed by atoms with Crippen LogP contribution < -0.4 is 5.32 Å². The second kappa shape index (κ2) is 8.15. The molecule has 0 spiro atoms. The molecule has 0 bridgehead atoms. The first-order chi connectivity index (χ1) is 12.0. The zero-order chi connectivity index (χ0) is 17.8. The van der Waals surface area contributed by atoms with Gasteiger partial charge in [-0.1, -0.05) is 73.1 Å². The Balaban J connectivity index is 1.62. The molecule has 132 valence electrons. The minimum absolute atomic E-state index is 0.00635. The summed E-state index contributed by atoms with van der Waals surface area (Å²) in [5, 5.41) is 3.04. The van der Waals surface area contributed by atoms with E-state index in [2.05, 4.69) is 5.32 Å². The SMILES string of the molecule is Cc1ccc(/C=C2\SC(=S)N(CC(=O)NC3CCCCC3)C2=O)cc1. The van der Waals surface area contributed by atoms with Crippen molar-refractivity contribution in [2.24, 2.45) is 0 Å². The quantitative estimate of drug-likeness (QED) is 0.646. The number of thioether (sulfide) groups is 1. The molecule has 1 aliphatic heterocycles. The van der Waals surface area contributed by atoms with Gasteiger partial charge in [-0.15, -0.1) is 0 Å². The lowest BCUT2D eigenvalue weighted by Crippen LogP contribution is -2.44. The van der Waals surface area contributed by atoms with Gasteiger partial charge >= 0.3 is 0 Å². The molecule has 0 radical (unpaired) electrons.